The zero-order valence-corrected chi connectivity index (χ0v) is 7.34. The first-order chi connectivity index (χ1) is 0. The summed E-state index contributed by atoms with van der Waals surface area (Å²) in [6.45, 7) is 0. The third-order valence-corrected chi connectivity index (χ3v) is 0. The van der Waals surface area contributed by atoms with Crippen molar-refractivity contribution < 1.29 is 63.0 Å². The van der Waals surface area contributed by atoms with Crippen LogP contribution in [0.4, 0.5) is 0 Å². The SMILES string of the molecule is O.O.[H-].[Na+].[W]. The molecule has 0 aliphatic carbocycles. The number of rotatable bonds is 0. The normalized spacial score (nSPS) is 0. The zero-order chi connectivity index (χ0) is 0. The van der Waals surface area contributed by atoms with Gasteiger partial charge in [-0.25, -0.2) is 0 Å². The Morgan fingerprint density at radius 1 is 1.00 bits per heavy atom. The predicted molar refractivity (Wildman–Crippen MR) is 8.34 cm³/mol. The minimum atomic E-state index is 0. The van der Waals surface area contributed by atoms with Crippen LogP contribution in [-0.4, -0.2) is 11.0 Å². The van der Waals surface area contributed by atoms with E-state index in [2.05, 4.69) is 0 Å². The van der Waals surface area contributed by atoms with E-state index in [0.717, 1.165) is 0 Å². The second-order valence-electron chi connectivity index (χ2n) is 0. The minimum Gasteiger partial charge on any atom is -1.00 e. The van der Waals surface area contributed by atoms with Crippen molar-refractivity contribution in [2.75, 3.05) is 0 Å². The molecule has 0 atom stereocenters. The van der Waals surface area contributed by atoms with E-state index in [1.165, 1.54) is 0 Å². The Kier molecular flexibility index (Phi) is 267. The van der Waals surface area contributed by atoms with Gasteiger partial charge in [0.25, 0.3) is 0 Å². The van der Waals surface area contributed by atoms with Gasteiger partial charge in [0.05, 0.1) is 0 Å². The van der Waals surface area contributed by atoms with Crippen LogP contribution >= 0.6 is 0 Å². The van der Waals surface area contributed by atoms with Crippen molar-refractivity contribution in [3.05, 3.63) is 0 Å². The van der Waals surface area contributed by atoms with Crippen LogP contribution < -0.4 is 29.6 Å². The molecule has 0 aromatic carbocycles. The fraction of sp³-hybridized carbons (Fsp3) is 0. The summed E-state index contributed by atoms with van der Waals surface area (Å²) in [5.41, 5.74) is 0. The third kappa shape index (κ3) is 9.49. The summed E-state index contributed by atoms with van der Waals surface area (Å²) in [6, 6.07) is 0. The van der Waals surface area contributed by atoms with Crippen LogP contribution in [0.15, 0.2) is 0 Å². The fourth-order valence-corrected chi connectivity index (χ4v) is 0. The van der Waals surface area contributed by atoms with Crippen LogP contribution in [-0.2, 0) is 21.1 Å². The molecule has 0 fully saturated rings. The van der Waals surface area contributed by atoms with Crippen molar-refractivity contribution in [3.8, 4) is 0 Å². The summed E-state index contributed by atoms with van der Waals surface area (Å²) < 4.78 is 0. The van der Waals surface area contributed by atoms with E-state index in [1.54, 1.807) is 0 Å². The van der Waals surface area contributed by atoms with Gasteiger partial charge in [-0.2, -0.15) is 0 Å². The predicted octanol–water partition coefficient (Wildman–Crippen LogP) is -4.54. The molecule has 0 heterocycles. The first kappa shape index (κ1) is 46.0. The van der Waals surface area contributed by atoms with Crippen molar-refractivity contribution in [3.63, 3.8) is 0 Å². The van der Waals surface area contributed by atoms with Crippen molar-refractivity contribution in [1.82, 2.24) is 0 Å². The number of hydrogen-bond acceptors (Lipinski definition) is 0. The number of hydrogen-bond donors (Lipinski definition) is 0. The van der Waals surface area contributed by atoms with Crippen LogP contribution in [0.1, 0.15) is 1.43 Å². The van der Waals surface area contributed by atoms with Crippen molar-refractivity contribution >= 4 is 0 Å². The van der Waals surface area contributed by atoms with Gasteiger partial charge < -0.3 is 12.4 Å². The average Bonchev–Trinajstić information content (AvgIpc) is 0. The van der Waals surface area contributed by atoms with Gasteiger partial charge in [-0.1, -0.05) is 0 Å². The molecule has 0 saturated carbocycles. The Hall–Kier alpha value is 1.61. The Bertz CT molecular complexity index is 9.61. The molecule has 4 N–H and O–H groups in total. The van der Waals surface area contributed by atoms with E-state index in [9.17, 15) is 0 Å². The molecule has 0 rings (SSSR count). The standard InChI is InChI=1S/Na.2H2O.W.H/h;2*1H2;;/q+1;;;;-1. The average molecular weight is 244 g/mol. The van der Waals surface area contributed by atoms with Gasteiger partial charge >= 0.3 is 29.6 Å². The first-order valence-electron chi connectivity index (χ1n) is 0. The molecule has 4 heavy (non-hydrogen) atoms. The molecule has 0 spiro atoms. The molecule has 2 nitrogen and oxygen atoms in total. The monoisotopic (exact) mass is 244 g/mol. The maximum Gasteiger partial charge on any atom is 1.00 e. The topological polar surface area (TPSA) is 63.0 Å². The molecule has 0 bridgehead atoms. The summed E-state index contributed by atoms with van der Waals surface area (Å²) in [6.07, 6.45) is 0. The molecule has 0 aliphatic heterocycles. The molecule has 0 aromatic heterocycles. The van der Waals surface area contributed by atoms with Crippen LogP contribution in [0.5, 0.6) is 0 Å². The fourth-order valence-electron chi connectivity index (χ4n) is 0. The Labute approximate surface area is 62.6 Å². The smallest absolute Gasteiger partial charge is 1.00 e. The van der Waals surface area contributed by atoms with Gasteiger partial charge in [0.1, 0.15) is 0 Å². The summed E-state index contributed by atoms with van der Waals surface area (Å²) in [4.78, 5) is 0. The Morgan fingerprint density at radius 2 is 1.00 bits per heavy atom. The summed E-state index contributed by atoms with van der Waals surface area (Å²) in [7, 11) is 0. The molecule has 4 heteroatoms. The summed E-state index contributed by atoms with van der Waals surface area (Å²) in [5, 5.41) is 0. The van der Waals surface area contributed by atoms with Crippen molar-refractivity contribution in [2.45, 2.75) is 0 Å². The molecular weight excluding hydrogens is 239 g/mol. The second kappa shape index (κ2) is 23.2. The van der Waals surface area contributed by atoms with E-state index in [0.29, 0.717) is 0 Å². The van der Waals surface area contributed by atoms with Gasteiger partial charge in [0, 0.05) is 21.1 Å². The van der Waals surface area contributed by atoms with E-state index in [-0.39, 0.29) is 63.0 Å². The quantitative estimate of drug-likeness (QED) is 0.385. The molecule has 0 aliphatic rings. The van der Waals surface area contributed by atoms with Gasteiger partial charge in [0.2, 0.25) is 0 Å². The molecule has 0 amide bonds. The molecule has 0 aromatic rings. The largest absolute Gasteiger partial charge is 1.00 e. The maximum atomic E-state index is 0. The zero-order valence-electron chi connectivity index (χ0n) is 3.41. The van der Waals surface area contributed by atoms with E-state index >= 15 is 0 Å². The molecule has 0 unspecified atom stereocenters. The van der Waals surface area contributed by atoms with Crippen molar-refractivity contribution in [1.29, 1.82) is 0 Å². The van der Waals surface area contributed by atoms with Gasteiger partial charge in [-0.05, 0) is 0 Å². The van der Waals surface area contributed by atoms with Crippen LogP contribution in [0.2, 0.25) is 0 Å². The molecule has 0 radical (unpaired) electrons. The maximum absolute atomic E-state index is 0. The molecule has 24 valence electrons. The van der Waals surface area contributed by atoms with E-state index in [1.807, 2.05) is 0 Å². The Balaban J connectivity index is 0. The first-order valence-corrected chi connectivity index (χ1v) is 0. The minimum absolute atomic E-state index is 0. The summed E-state index contributed by atoms with van der Waals surface area (Å²) in [5.74, 6) is 0. The molecule has 0 saturated heterocycles. The van der Waals surface area contributed by atoms with Crippen molar-refractivity contribution in [2.24, 2.45) is 0 Å². The summed E-state index contributed by atoms with van der Waals surface area (Å²) >= 11 is 0. The van der Waals surface area contributed by atoms with E-state index < -0.39 is 0 Å². The van der Waals surface area contributed by atoms with Gasteiger partial charge in [-0.3, -0.25) is 0 Å². The Morgan fingerprint density at radius 3 is 1.00 bits per heavy atom. The second-order valence-corrected chi connectivity index (χ2v) is 0. The van der Waals surface area contributed by atoms with Crippen LogP contribution in [0.25, 0.3) is 0 Å². The van der Waals surface area contributed by atoms with E-state index in [4.69, 9.17) is 0 Å². The third-order valence-electron chi connectivity index (χ3n) is 0. The molecular formula is H5NaO2W. The van der Waals surface area contributed by atoms with Crippen LogP contribution in [0, 0.1) is 0 Å². The van der Waals surface area contributed by atoms with Gasteiger partial charge in [0.15, 0.2) is 0 Å². The van der Waals surface area contributed by atoms with Gasteiger partial charge in [-0.15, -0.1) is 0 Å². The van der Waals surface area contributed by atoms with Crippen LogP contribution in [0.3, 0.4) is 0 Å².